The van der Waals surface area contributed by atoms with E-state index in [4.69, 9.17) is 0 Å². The Kier molecular flexibility index (Phi) is 4.49. The Hall–Kier alpha value is -3.74. The Labute approximate surface area is 156 Å². The summed E-state index contributed by atoms with van der Waals surface area (Å²) in [6.45, 7) is 1.89. The van der Waals surface area contributed by atoms with Crippen molar-refractivity contribution in [2.45, 2.75) is 13.0 Å². The fraction of sp³-hybridized carbons (Fsp3) is 0.100. The molecule has 7 nitrogen and oxygen atoms in total. The minimum atomic E-state index is -0.306. The van der Waals surface area contributed by atoms with Gasteiger partial charge in [-0.15, -0.1) is 5.10 Å². The van der Waals surface area contributed by atoms with Gasteiger partial charge in [0.05, 0.1) is 17.4 Å². The molecular formula is C20H18N6O. The fourth-order valence-corrected chi connectivity index (χ4v) is 2.85. The summed E-state index contributed by atoms with van der Waals surface area (Å²) in [6.07, 6.45) is 5.42. The fourth-order valence-electron chi connectivity index (χ4n) is 2.85. The summed E-state index contributed by atoms with van der Waals surface area (Å²) < 4.78 is 3.48. The molecule has 1 N–H and O–H groups in total. The highest BCUT2D eigenvalue weighted by Gasteiger charge is 2.23. The van der Waals surface area contributed by atoms with Crippen molar-refractivity contribution in [3.05, 3.63) is 90.6 Å². The maximum atomic E-state index is 12.9. The molecule has 1 amide bonds. The average Bonchev–Trinajstić information content (AvgIpc) is 3.38. The van der Waals surface area contributed by atoms with E-state index in [9.17, 15) is 4.79 Å². The van der Waals surface area contributed by atoms with E-state index in [2.05, 4.69) is 20.6 Å². The number of carbonyl (C=O) groups is 1. The second kappa shape index (κ2) is 7.25. The summed E-state index contributed by atoms with van der Waals surface area (Å²) in [5.41, 5.74) is 1.85. The van der Waals surface area contributed by atoms with Gasteiger partial charge in [-0.3, -0.25) is 9.78 Å². The molecule has 4 aromatic rings. The quantitative estimate of drug-likeness (QED) is 0.595. The van der Waals surface area contributed by atoms with E-state index in [1.54, 1.807) is 10.9 Å². The number of carbonyl (C=O) groups excluding carboxylic acids is 1. The van der Waals surface area contributed by atoms with Gasteiger partial charge >= 0.3 is 0 Å². The average molecular weight is 358 g/mol. The van der Waals surface area contributed by atoms with Crippen molar-refractivity contribution in [3.63, 3.8) is 0 Å². The predicted octanol–water partition coefficient (Wildman–Crippen LogP) is 2.94. The third-order valence-electron chi connectivity index (χ3n) is 4.19. The van der Waals surface area contributed by atoms with Gasteiger partial charge < -0.3 is 9.88 Å². The van der Waals surface area contributed by atoms with Crippen LogP contribution in [0, 0.1) is 0 Å². The Bertz CT molecular complexity index is 1030. The van der Waals surface area contributed by atoms with Gasteiger partial charge in [0.15, 0.2) is 11.5 Å². The lowest BCUT2D eigenvalue weighted by molar-refractivity contribution is 0.0934. The molecule has 0 spiro atoms. The van der Waals surface area contributed by atoms with Crippen LogP contribution in [0.3, 0.4) is 0 Å². The van der Waals surface area contributed by atoms with Crippen LogP contribution in [0.15, 0.2) is 79.3 Å². The minimum Gasteiger partial charge on any atom is -0.342 e. The molecule has 1 aromatic carbocycles. The summed E-state index contributed by atoms with van der Waals surface area (Å²) in [5.74, 6) is 0.274. The number of aromatic nitrogens is 5. The molecule has 1 atom stereocenters. The standard InChI is InChI=1S/C20H18N6O/c1-15(17-11-5-6-12-21-17)22-19(27)18-20(25-13-7-8-14-25)26(24-23-18)16-9-3-2-4-10-16/h2-15H,1H3,(H,22,27)/t15-/m0/s1. The summed E-state index contributed by atoms with van der Waals surface area (Å²) in [5, 5.41) is 11.3. The van der Waals surface area contributed by atoms with Crippen molar-refractivity contribution >= 4 is 5.91 Å². The Morgan fingerprint density at radius 3 is 2.44 bits per heavy atom. The molecule has 0 saturated carbocycles. The number of para-hydroxylation sites is 1. The molecule has 7 heteroatoms. The molecule has 0 unspecified atom stereocenters. The number of amides is 1. The first-order chi connectivity index (χ1) is 13.2. The van der Waals surface area contributed by atoms with E-state index in [0.717, 1.165) is 11.4 Å². The van der Waals surface area contributed by atoms with Crippen LogP contribution in [0.1, 0.15) is 29.1 Å². The first-order valence-corrected chi connectivity index (χ1v) is 8.60. The lowest BCUT2D eigenvalue weighted by Gasteiger charge is -2.13. The molecule has 4 rings (SSSR count). The molecule has 0 bridgehead atoms. The van der Waals surface area contributed by atoms with Crippen molar-refractivity contribution in [1.82, 2.24) is 29.9 Å². The SMILES string of the molecule is C[C@H](NC(=O)c1nnn(-c2ccccc2)c1-n1cccc1)c1ccccn1. The summed E-state index contributed by atoms with van der Waals surface area (Å²) in [6, 6.07) is 18.7. The van der Waals surface area contributed by atoms with Gasteiger partial charge in [0.2, 0.25) is 0 Å². The number of nitrogens with one attached hydrogen (secondary N) is 1. The van der Waals surface area contributed by atoms with Gasteiger partial charge in [-0.05, 0) is 43.3 Å². The lowest BCUT2D eigenvalue weighted by atomic mass is 10.2. The largest absolute Gasteiger partial charge is 0.342 e. The minimum absolute atomic E-state index is 0.248. The first-order valence-electron chi connectivity index (χ1n) is 8.60. The number of benzene rings is 1. The molecule has 0 fully saturated rings. The molecule has 27 heavy (non-hydrogen) atoms. The molecule has 0 radical (unpaired) electrons. The van der Waals surface area contributed by atoms with Crippen molar-refractivity contribution in [2.24, 2.45) is 0 Å². The molecule has 0 aliphatic rings. The van der Waals surface area contributed by atoms with Crippen molar-refractivity contribution < 1.29 is 4.79 Å². The number of nitrogens with zero attached hydrogens (tertiary/aromatic N) is 5. The smallest absolute Gasteiger partial charge is 0.276 e. The summed E-state index contributed by atoms with van der Waals surface area (Å²) >= 11 is 0. The van der Waals surface area contributed by atoms with Gasteiger partial charge in [-0.25, -0.2) is 0 Å². The Morgan fingerprint density at radius 1 is 1.00 bits per heavy atom. The first kappa shape index (κ1) is 16.7. The molecule has 0 saturated heterocycles. The number of rotatable bonds is 5. The second-order valence-corrected chi connectivity index (χ2v) is 6.05. The summed E-state index contributed by atoms with van der Waals surface area (Å²) in [7, 11) is 0. The van der Waals surface area contributed by atoms with Gasteiger partial charge in [0.25, 0.3) is 5.91 Å². The Balaban J connectivity index is 1.71. The van der Waals surface area contributed by atoms with Crippen LogP contribution < -0.4 is 5.32 Å². The van der Waals surface area contributed by atoms with E-state index in [1.807, 2.05) is 84.5 Å². The lowest BCUT2D eigenvalue weighted by Crippen LogP contribution is -2.28. The maximum absolute atomic E-state index is 12.9. The molecule has 3 heterocycles. The van der Waals surface area contributed by atoms with Gasteiger partial charge in [-0.2, -0.15) is 4.68 Å². The zero-order valence-corrected chi connectivity index (χ0v) is 14.7. The second-order valence-electron chi connectivity index (χ2n) is 6.05. The monoisotopic (exact) mass is 358 g/mol. The molecule has 3 aromatic heterocycles. The van der Waals surface area contributed by atoms with Crippen LogP contribution in [-0.2, 0) is 0 Å². The Morgan fingerprint density at radius 2 is 1.74 bits per heavy atom. The van der Waals surface area contributed by atoms with E-state index < -0.39 is 0 Å². The zero-order chi connectivity index (χ0) is 18.6. The predicted molar refractivity (Wildman–Crippen MR) is 101 cm³/mol. The van der Waals surface area contributed by atoms with Gasteiger partial charge in [0.1, 0.15) is 0 Å². The van der Waals surface area contributed by atoms with Crippen molar-refractivity contribution in [3.8, 4) is 11.5 Å². The topological polar surface area (TPSA) is 77.6 Å². The van der Waals surface area contributed by atoms with E-state index in [0.29, 0.717) is 5.82 Å². The number of hydrogen-bond donors (Lipinski definition) is 1. The molecule has 134 valence electrons. The number of hydrogen-bond acceptors (Lipinski definition) is 4. The van der Waals surface area contributed by atoms with Crippen molar-refractivity contribution in [1.29, 1.82) is 0 Å². The van der Waals surface area contributed by atoms with Crippen LogP contribution in [0.25, 0.3) is 11.5 Å². The van der Waals surface area contributed by atoms with Crippen LogP contribution in [0.5, 0.6) is 0 Å². The molecule has 0 aliphatic carbocycles. The third-order valence-corrected chi connectivity index (χ3v) is 4.19. The summed E-state index contributed by atoms with van der Waals surface area (Å²) in [4.78, 5) is 17.2. The normalized spacial score (nSPS) is 11.9. The number of pyridine rings is 1. The van der Waals surface area contributed by atoms with E-state index >= 15 is 0 Å². The van der Waals surface area contributed by atoms with E-state index in [-0.39, 0.29) is 17.6 Å². The van der Waals surface area contributed by atoms with Crippen LogP contribution >= 0.6 is 0 Å². The third kappa shape index (κ3) is 3.35. The van der Waals surface area contributed by atoms with Crippen LogP contribution in [0.4, 0.5) is 0 Å². The maximum Gasteiger partial charge on any atom is 0.276 e. The molecule has 0 aliphatic heterocycles. The van der Waals surface area contributed by atoms with Gasteiger partial charge in [0, 0.05) is 18.6 Å². The van der Waals surface area contributed by atoms with Crippen molar-refractivity contribution in [2.75, 3.05) is 0 Å². The highest BCUT2D eigenvalue weighted by atomic mass is 16.2. The molecular weight excluding hydrogens is 340 g/mol. The van der Waals surface area contributed by atoms with E-state index in [1.165, 1.54) is 0 Å². The highest BCUT2D eigenvalue weighted by molar-refractivity contribution is 5.95. The van der Waals surface area contributed by atoms with Gasteiger partial charge in [-0.1, -0.05) is 29.5 Å². The van der Waals surface area contributed by atoms with Crippen LogP contribution in [-0.4, -0.2) is 30.5 Å². The highest BCUT2D eigenvalue weighted by Crippen LogP contribution is 2.19. The zero-order valence-electron chi connectivity index (χ0n) is 14.7. The van der Waals surface area contributed by atoms with Crippen LogP contribution in [0.2, 0.25) is 0 Å².